The quantitative estimate of drug-likeness (QED) is 0.832. The van der Waals surface area contributed by atoms with Crippen molar-refractivity contribution < 1.29 is 13.9 Å². The molecule has 0 aliphatic rings. The van der Waals surface area contributed by atoms with Gasteiger partial charge in [-0.3, -0.25) is 10.2 Å². The summed E-state index contributed by atoms with van der Waals surface area (Å²) in [4.78, 5) is 12.0. The Morgan fingerprint density at radius 2 is 2.00 bits per heavy atom. The van der Waals surface area contributed by atoms with Crippen molar-refractivity contribution in [3.63, 3.8) is 0 Å². The third-order valence-electron chi connectivity index (χ3n) is 2.77. The number of halogens is 1. The topological polar surface area (TPSA) is 41.6 Å². The van der Waals surface area contributed by atoms with Gasteiger partial charge < -0.3 is 4.74 Å². The molecule has 0 aliphatic carbocycles. The number of rotatable bonds is 4. The lowest BCUT2D eigenvalue weighted by Crippen LogP contribution is -2.46. The number of nitrogens with zero attached hydrogens (tertiary/aromatic N) is 1. The summed E-state index contributed by atoms with van der Waals surface area (Å²) in [5, 5.41) is 1.56. The van der Waals surface area contributed by atoms with Crippen LogP contribution in [0.1, 0.15) is 19.4 Å². The molecular formula is C13H19FN2O2. The van der Waals surface area contributed by atoms with Crippen LogP contribution in [0, 0.1) is 5.82 Å². The molecule has 0 saturated heterocycles. The summed E-state index contributed by atoms with van der Waals surface area (Å²) in [5.41, 5.74) is 2.45. The first kappa shape index (κ1) is 14.4. The van der Waals surface area contributed by atoms with Gasteiger partial charge in [-0.2, -0.15) is 0 Å². The van der Waals surface area contributed by atoms with Crippen molar-refractivity contribution in [3.8, 4) is 5.75 Å². The maximum atomic E-state index is 13.6. The van der Waals surface area contributed by atoms with Gasteiger partial charge >= 0.3 is 0 Å². The van der Waals surface area contributed by atoms with Crippen LogP contribution >= 0.6 is 0 Å². The molecule has 1 N–H and O–H groups in total. The molecule has 0 fully saturated rings. The molecule has 0 bridgehead atoms. The van der Waals surface area contributed by atoms with Gasteiger partial charge in [-0.1, -0.05) is 6.07 Å². The summed E-state index contributed by atoms with van der Waals surface area (Å²) in [6.07, 6.45) is 0. The number of hydrogen-bond acceptors (Lipinski definition) is 3. The monoisotopic (exact) mass is 254 g/mol. The maximum Gasteiger partial charge on any atom is 0.244 e. The Labute approximate surface area is 107 Å². The highest BCUT2D eigenvalue weighted by atomic mass is 19.1. The van der Waals surface area contributed by atoms with Crippen molar-refractivity contribution in [1.29, 1.82) is 0 Å². The zero-order valence-corrected chi connectivity index (χ0v) is 11.4. The lowest BCUT2D eigenvalue weighted by atomic mass is 9.84. The average molecular weight is 254 g/mol. The molecule has 1 rings (SSSR count). The number of hydrogen-bond donors (Lipinski definition) is 1. The maximum absolute atomic E-state index is 13.6. The van der Waals surface area contributed by atoms with Crippen molar-refractivity contribution in [2.24, 2.45) is 0 Å². The third-order valence-corrected chi connectivity index (χ3v) is 2.77. The van der Waals surface area contributed by atoms with Gasteiger partial charge in [0.15, 0.2) is 11.6 Å². The summed E-state index contributed by atoms with van der Waals surface area (Å²) >= 11 is 0. The number of carbonyl (C=O) groups is 1. The fourth-order valence-corrected chi connectivity index (χ4v) is 1.53. The minimum absolute atomic E-state index is 0.169. The second-order valence-corrected chi connectivity index (χ2v) is 4.81. The molecule has 0 aliphatic heterocycles. The highest BCUT2D eigenvalue weighted by Gasteiger charge is 2.30. The van der Waals surface area contributed by atoms with E-state index < -0.39 is 11.2 Å². The molecule has 1 aromatic carbocycles. The Balaban J connectivity index is 3.04. The fraction of sp³-hybridized carbons (Fsp3) is 0.462. The smallest absolute Gasteiger partial charge is 0.244 e. The predicted octanol–water partition coefficient (Wildman–Crippen LogP) is 1.70. The van der Waals surface area contributed by atoms with Crippen molar-refractivity contribution in [1.82, 2.24) is 10.4 Å². The molecule has 0 spiro atoms. The largest absolute Gasteiger partial charge is 0.494 e. The van der Waals surface area contributed by atoms with Gasteiger partial charge in [-0.15, -0.1) is 0 Å². The molecule has 18 heavy (non-hydrogen) atoms. The summed E-state index contributed by atoms with van der Waals surface area (Å²) < 4.78 is 18.5. The van der Waals surface area contributed by atoms with Crippen LogP contribution in [0.25, 0.3) is 0 Å². The van der Waals surface area contributed by atoms with Crippen LogP contribution in [0.15, 0.2) is 18.2 Å². The number of ether oxygens (including phenoxy) is 1. The lowest BCUT2D eigenvalue weighted by molar-refractivity contribution is -0.129. The van der Waals surface area contributed by atoms with Gasteiger partial charge in [0.25, 0.3) is 0 Å². The molecule has 0 aromatic heterocycles. The van der Waals surface area contributed by atoms with Crippen LogP contribution < -0.4 is 10.2 Å². The van der Waals surface area contributed by atoms with E-state index in [1.54, 1.807) is 39.0 Å². The lowest BCUT2D eigenvalue weighted by Gasteiger charge is -2.26. The molecule has 1 aromatic rings. The first-order valence-corrected chi connectivity index (χ1v) is 5.61. The van der Waals surface area contributed by atoms with E-state index in [-0.39, 0.29) is 11.7 Å². The molecule has 0 radical (unpaired) electrons. The van der Waals surface area contributed by atoms with Gasteiger partial charge in [0, 0.05) is 14.1 Å². The number of benzene rings is 1. The second-order valence-electron chi connectivity index (χ2n) is 4.81. The van der Waals surface area contributed by atoms with Gasteiger partial charge in [0.05, 0.1) is 12.5 Å². The molecule has 0 saturated carbocycles. The molecule has 4 nitrogen and oxygen atoms in total. The Morgan fingerprint density at radius 3 is 2.44 bits per heavy atom. The first-order chi connectivity index (χ1) is 8.28. The number of methoxy groups -OCH3 is 1. The van der Waals surface area contributed by atoms with Crippen LogP contribution in [0.5, 0.6) is 5.75 Å². The zero-order chi connectivity index (χ0) is 13.9. The highest BCUT2D eigenvalue weighted by Crippen LogP contribution is 2.27. The number of nitrogens with one attached hydrogen (secondary N) is 1. The molecule has 0 unspecified atom stereocenters. The van der Waals surface area contributed by atoms with E-state index in [0.29, 0.717) is 5.56 Å². The Kier molecular flexibility index (Phi) is 4.29. The minimum Gasteiger partial charge on any atom is -0.494 e. The minimum atomic E-state index is -0.822. The Hall–Kier alpha value is -1.62. The van der Waals surface area contributed by atoms with Gasteiger partial charge in [0.2, 0.25) is 5.91 Å². The average Bonchev–Trinajstić information content (AvgIpc) is 2.27. The van der Waals surface area contributed by atoms with E-state index in [1.165, 1.54) is 19.2 Å². The van der Waals surface area contributed by atoms with Crippen LogP contribution in [0.2, 0.25) is 0 Å². The van der Waals surface area contributed by atoms with E-state index in [1.807, 2.05) is 0 Å². The van der Waals surface area contributed by atoms with E-state index >= 15 is 0 Å². The summed E-state index contributed by atoms with van der Waals surface area (Å²) in [6, 6.07) is 4.54. The molecule has 1 amide bonds. The van der Waals surface area contributed by atoms with Gasteiger partial charge in [-0.25, -0.2) is 9.40 Å². The van der Waals surface area contributed by atoms with Crippen LogP contribution in [0.3, 0.4) is 0 Å². The van der Waals surface area contributed by atoms with E-state index in [0.717, 1.165) is 0 Å². The standard InChI is InChI=1S/C13H19FN2O2/c1-13(2,12(17)15-16(3)4)9-6-7-11(18-5)10(14)8-9/h6-8H,1-5H3,(H,15,17). The number of carbonyl (C=O) groups excluding carboxylic acids is 1. The second kappa shape index (κ2) is 5.35. The third kappa shape index (κ3) is 2.98. The van der Waals surface area contributed by atoms with Crippen LogP contribution in [0.4, 0.5) is 4.39 Å². The predicted molar refractivity (Wildman–Crippen MR) is 67.8 cm³/mol. The van der Waals surface area contributed by atoms with E-state index in [9.17, 15) is 9.18 Å². The van der Waals surface area contributed by atoms with Crippen molar-refractivity contribution in [2.45, 2.75) is 19.3 Å². The zero-order valence-electron chi connectivity index (χ0n) is 11.4. The molecule has 5 heteroatoms. The fourth-order valence-electron chi connectivity index (χ4n) is 1.53. The number of hydrazine groups is 1. The molecule has 0 atom stereocenters. The summed E-state index contributed by atoms with van der Waals surface area (Å²) in [5.74, 6) is -0.500. The van der Waals surface area contributed by atoms with Crippen LogP contribution in [-0.4, -0.2) is 32.1 Å². The van der Waals surface area contributed by atoms with Gasteiger partial charge in [-0.05, 0) is 31.5 Å². The normalized spacial score (nSPS) is 11.5. The highest BCUT2D eigenvalue weighted by molar-refractivity contribution is 5.86. The Morgan fingerprint density at radius 1 is 1.39 bits per heavy atom. The SMILES string of the molecule is COc1ccc(C(C)(C)C(=O)NN(C)C)cc1F. The van der Waals surface area contributed by atoms with Crippen molar-refractivity contribution in [3.05, 3.63) is 29.6 Å². The van der Waals surface area contributed by atoms with E-state index in [4.69, 9.17) is 4.74 Å². The van der Waals surface area contributed by atoms with Crippen LogP contribution in [-0.2, 0) is 10.2 Å². The van der Waals surface area contributed by atoms with Crippen molar-refractivity contribution >= 4 is 5.91 Å². The Bertz CT molecular complexity index is 445. The van der Waals surface area contributed by atoms with E-state index in [2.05, 4.69) is 5.43 Å². The van der Waals surface area contributed by atoms with Gasteiger partial charge in [0.1, 0.15) is 0 Å². The molecule has 100 valence electrons. The van der Waals surface area contributed by atoms with Crippen molar-refractivity contribution in [2.75, 3.05) is 21.2 Å². The molecule has 0 heterocycles. The number of amides is 1. The first-order valence-electron chi connectivity index (χ1n) is 5.61. The summed E-state index contributed by atoms with van der Waals surface area (Å²) in [6.45, 7) is 3.49. The summed E-state index contributed by atoms with van der Waals surface area (Å²) in [7, 11) is 4.85. The molecular weight excluding hydrogens is 235 g/mol.